The summed E-state index contributed by atoms with van der Waals surface area (Å²) >= 11 is 0. The Balaban J connectivity index is 2.40. The predicted molar refractivity (Wildman–Crippen MR) is 60.7 cm³/mol. The molecule has 1 saturated carbocycles. The van der Waals surface area contributed by atoms with Crippen LogP contribution < -0.4 is 5.73 Å². The summed E-state index contributed by atoms with van der Waals surface area (Å²) in [4.78, 5) is 0. The number of hydrogen-bond acceptors (Lipinski definition) is 1. The van der Waals surface area contributed by atoms with Crippen LogP contribution in [0, 0.1) is 6.92 Å². The molecule has 1 aromatic carbocycles. The third kappa shape index (κ3) is 2.06. The molecule has 1 nitrogen and oxygen atoms in total. The van der Waals surface area contributed by atoms with E-state index >= 15 is 0 Å². The highest BCUT2D eigenvalue weighted by atomic mass is 19.4. The third-order valence-electron chi connectivity index (χ3n) is 3.75. The first kappa shape index (κ1) is 12.4. The second-order valence-corrected chi connectivity index (χ2v) is 4.97. The molecule has 0 amide bonds. The maximum atomic E-state index is 12.5. The topological polar surface area (TPSA) is 26.0 Å². The lowest BCUT2D eigenvalue weighted by Crippen LogP contribution is -2.32. The zero-order valence-electron chi connectivity index (χ0n) is 9.93. The molecule has 1 fully saturated rings. The van der Waals surface area contributed by atoms with E-state index in [1.165, 1.54) is 6.07 Å². The van der Waals surface area contributed by atoms with E-state index in [4.69, 9.17) is 5.73 Å². The molecule has 1 aliphatic carbocycles. The summed E-state index contributed by atoms with van der Waals surface area (Å²) in [7, 11) is 0. The molecule has 94 valence electrons. The largest absolute Gasteiger partial charge is 0.416 e. The fourth-order valence-corrected chi connectivity index (χ4v) is 2.50. The molecule has 0 bridgehead atoms. The zero-order chi connectivity index (χ0) is 12.8. The quantitative estimate of drug-likeness (QED) is 0.846. The average molecular weight is 243 g/mol. The lowest BCUT2D eigenvalue weighted by atomic mass is 9.86. The van der Waals surface area contributed by atoms with Crippen LogP contribution in [0.15, 0.2) is 18.2 Å². The van der Waals surface area contributed by atoms with E-state index in [9.17, 15) is 13.2 Å². The van der Waals surface area contributed by atoms with Gasteiger partial charge in [-0.05, 0) is 49.9 Å². The zero-order valence-corrected chi connectivity index (χ0v) is 9.93. The van der Waals surface area contributed by atoms with Gasteiger partial charge < -0.3 is 5.73 Å². The summed E-state index contributed by atoms with van der Waals surface area (Å²) in [5.74, 6) is 0. The molecule has 0 saturated heterocycles. The van der Waals surface area contributed by atoms with Crippen LogP contribution in [0.25, 0.3) is 0 Å². The molecule has 0 spiro atoms. The second kappa shape index (κ2) is 3.73. The highest BCUT2D eigenvalue weighted by Gasteiger charge is 2.48. The van der Waals surface area contributed by atoms with Crippen molar-refractivity contribution in [2.24, 2.45) is 5.73 Å². The minimum Gasteiger partial charge on any atom is -0.327 e. The van der Waals surface area contributed by atoms with Gasteiger partial charge in [0, 0.05) is 11.5 Å². The number of halogens is 3. The molecule has 4 heteroatoms. The maximum absolute atomic E-state index is 12.5. The van der Waals surface area contributed by atoms with E-state index in [2.05, 4.69) is 0 Å². The molecule has 17 heavy (non-hydrogen) atoms. The van der Waals surface area contributed by atoms with Gasteiger partial charge in [0.1, 0.15) is 0 Å². The first-order valence-electron chi connectivity index (χ1n) is 5.71. The molecule has 1 unspecified atom stereocenters. The van der Waals surface area contributed by atoms with Gasteiger partial charge in [0.2, 0.25) is 0 Å². The molecular formula is C13H16F3N. The lowest BCUT2D eigenvalue weighted by Gasteiger charge is -2.23. The van der Waals surface area contributed by atoms with E-state index in [1.807, 2.05) is 6.92 Å². The minimum atomic E-state index is -4.27. The Labute approximate surface area is 98.8 Å². The molecule has 0 aromatic heterocycles. The first-order valence-corrected chi connectivity index (χ1v) is 5.71. The molecule has 1 aromatic rings. The number of aryl methyl sites for hydroxylation is 1. The molecule has 1 aliphatic rings. The standard InChI is InChI=1S/C13H16F3N/c1-8-7-10(13(14,15)16)3-4-11(8)12(5-6-12)9(2)17/h3-4,7,9H,5-6,17H2,1-2H3. The van der Waals surface area contributed by atoms with Crippen molar-refractivity contribution in [3.8, 4) is 0 Å². The number of rotatable bonds is 2. The van der Waals surface area contributed by atoms with E-state index < -0.39 is 11.7 Å². The van der Waals surface area contributed by atoms with Gasteiger partial charge in [0.05, 0.1) is 5.56 Å². The van der Waals surface area contributed by atoms with Crippen molar-refractivity contribution in [1.29, 1.82) is 0 Å². The van der Waals surface area contributed by atoms with Gasteiger partial charge in [-0.1, -0.05) is 6.07 Å². The number of benzene rings is 1. The molecular weight excluding hydrogens is 227 g/mol. The Morgan fingerprint density at radius 3 is 2.24 bits per heavy atom. The van der Waals surface area contributed by atoms with Crippen molar-refractivity contribution >= 4 is 0 Å². The number of hydrogen-bond donors (Lipinski definition) is 1. The fourth-order valence-electron chi connectivity index (χ4n) is 2.50. The number of nitrogens with two attached hydrogens (primary N) is 1. The molecule has 0 heterocycles. The van der Waals surface area contributed by atoms with Crippen LogP contribution in [-0.2, 0) is 11.6 Å². The van der Waals surface area contributed by atoms with Gasteiger partial charge in [-0.2, -0.15) is 13.2 Å². The highest BCUT2D eigenvalue weighted by Crippen LogP contribution is 2.51. The Kier molecular flexibility index (Phi) is 2.73. The Morgan fingerprint density at radius 2 is 1.88 bits per heavy atom. The van der Waals surface area contributed by atoms with Gasteiger partial charge in [0.25, 0.3) is 0 Å². The minimum absolute atomic E-state index is 0.0158. The van der Waals surface area contributed by atoms with Gasteiger partial charge in [-0.3, -0.25) is 0 Å². The van der Waals surface area contributed by atoms with Crippen LogP contribution in [-0.4, -0.2) is 6.04 Å². The lowest BCUT2D eigenvalue weighted by molar-refractivity contribution is -0.137. The fraction of sp³-hybridized carbons (Fsp3) is 0.538. The van der Waals surface area contributed by atoms with Crippen molar-refractivity contribution < 1.29 is 13.2 Å². The van der Waals surface area contributed by atoms with E-state index in [-0.39, 0.29) is 11.5 Å². The Bertz CT molecular complexity index is 431. The summed E-state index contributed by atoms with van der Waals surface area (Å²) in [6.45, 7) is 3.65. The van der Waals surface area contributed by atoms with Crippen molar-refractivity contribution in [2.45, 2.75) is 44.3 Å². The molecule has 0 aliphatic heterocycles. The highest BCUT2D eigenvalue weighted by molar-refractivity contribution is 5.42. The summed E-state index contributed by atoms with van der Waals surface area (Å²) in [5, 5.41) is 0. The van der Waals surface area contributed by atoms with Gasteiger partial charge in [-0.15, -0.1) is 0 Å². The van der Waals surface area contributed by atoms with Gasteiger partial charge in [0.15, 0.2) is 0 Å². The van der Waals surface area contributed by atoms with Crippen molar-refractivity contribution in [2.75, 3.05) is 0 Å². The van der Waals surface area contributed by atoms with Crippen LogP contribution >= 0.6 is 0 Å². The van der Waals surface area contributed by atoms with Crippen molar-refractivity contribution in [1.82, 2.24) is 0 Å². The molecule has 0 radical (unpaired) electrons. The summed E-state index contributed by atoms with van der Waals surface area (Å²) in [6.07, 6.45) is -2.33. The van der Waals surface area contributed by atoms with Crippen LogP contribution in [0.2, 0.25) is 0 Å². The number of alkyl halides is 3. The smallest absolute Gasteiger partial charge is 0.327 e. The van der Waals surface area contributed by atoms with Crippen molar-refractivity contribution in [3.05, 3.63) is 34.9 Å². The van der Waals surface area contributed by atoms with Gasteiger partial charge in [-0.25, -0.2) is 0 Å². The third-order valence-corrected chi connectivity index (χ3v) is 3.75. The maximum Gasteiger partial charge on any atom is 0.416 e. The van der Waals surface area contributed by atoms with Crippen LogP contribution in [0.3, 0.4) is 0 Å². The van der Waals surface area contributed by atoms with E-state index in [0.29, 0.717) is 5.56 Å². The summed E-state index contributed by atoms with van der Waals surface area (Å²) in [6, 6.07) is 3.95. The summed E-state index contributed by atoms with van der Waals surface area (Å²) in [5.41, 5.74) is 6.92. The van der Waals surface area contributed by atoms with E-state index in [1.54, 1.807) is 13.0 Å². The Hall–Kier alpha value is -1.03. The first-order chi connectivity index (χ1) is 7.77. The van der Waals surface area contributed by atoms with Gasteiger partial charge >= 0.3 is 6.18 Å². The SMILES string of the molecule is Cc1cc(C(F)(F)F)ccc1C1(C(C)N)CC1. The van der Waals surface area contributed by atoms with Crippen LogP contribution in [0.4, 0.5) is 13.2 Å². The molecule has 2 N–H and O–H groups in total. The second-order valence-electron chi connectivity index (χ2n) is 4.97. The van der Waals surface area contributed by atoms with Crippen molar-refractivity contribution in [3.63, 3.8) is 0 Å². The average Bonchev–Trinajstić information content (AvgIpc) is 2.96. The van der Waals surface area contributed by atoms with E-state index in [0.717, 1.165) is 24.5 Å². The summed E-state index contributed by atoms with van der Waals surface area (Å²) < 4.78 is 37.6. The van der Waals surface area contributed by atoms with Crippen LogP contribution in [0.5, 0.6) is 0 Å². The molecule has 1 atom stereocenters. The Morgan fingerprint density at radius 1 is 1.29 bits per heavy atom. The van der Waals surface area contributed by atoms with Crippen LogP contribution in [0.1, 0.15) is 36.5 Å². The monoisotopic (exact) mass is 243 g/mol. The predicted octanol–water partition coefficient (Wildman–Crippen LogP) is 3.39. The normalized spacial score (nSPS) is 20.1. The molecule has 2 rings (SSSR count).